The number of halogens is 4. The standard InChI is InChI=1S/C58H46F3IN6O2/c1-63-52(41-17-8-3-9-18-41)65-53(64-39-40-15-6-2-7-16-40)44-25-32-50(33-26-44)70-51-37-30-47(31-38-51)57(62,58(59,60)61)46-23-14-24-48(36-29-46)69-49-34-27-45(28-35-49)56-67-54(42-19-10-4-11-20-42)66-55(68-56)43-21-12-5-13-22-43/h2-8,10-13,15-17,19-38H,9,14,18,39H2,1H3,(H,63,64,65)/t57-/m0/s1. The molecule has 0 fully saturated rings. The highest BCUT2D eigenvalue weighted by Gasteiger charge is 2.56. The van der Waals surface area contributed by atoms with E-state index in [1.165, 1.54) is 40.8 Å². The van der Waals surface area contributed by atoms with Crippen LogP contribution in [0.25, 0.3) is 34.2 Å². The molecule has 70 heavy (non-hydrogen) atoms. The Kier molecular flexibility index (Phi) is 14.7. The van der Waals surface area contributed by atoms with Crippen molar-refractivity contribution in [2.24, 2.45) is 9.98 Å². The number of rotatable bonds is 13. The van der Waals surface area contributed by atoms with Gasteiger partial charge in [-0.1, -0.05) is 156 Å². The second kappa shape index (κ2) is 21.7. The summed E-state index contributed by atoms with van der Waals surface area (Å²) >= 11 is 1.52. The molecule has 348 valence electrons. The summed E-state index contributed by atoms with van der Waals surface area (Å²) in [7, 11) is 1.76. The van der Waals surface area contributed by atoms with Gasteiger partial charge in [0.05, 0.1) is 6.54 Å². The van der Waals surface area contributed by atoms with Crippen molar-refractivity contribution in [1.29, 1.82) is 0 Å². The number of amidine groups is 2. The Morgan fingerprint density at radius 3 is 1.73 bits per heavy atom. The number of benzene rings is 6. The Labute approximate surface area is 418 Å². The predicted octanol–water partition coefficient (Wildman–Crippen LogP) is 14.5. The molecule has 1 heterocycles. The quantitative estimate of drug-likeness (QED) is 0.0535. The van der Waals surface area contributed by atoms with Gasteiger partial charge in [0.15, 0.2) is 20.9 Å². The average Bonchev–Trinajstić information content (AvgIpc) is 3.65. The number of hydrogen-bond donors (Lipinski definition) is 1. The van der Waals surface area contributed by atoms with Gasteiger partial charge in [-0.3, -0.25) is 9.98 Å². The highest BCUT2D eigenvalue weighted by Crippen LogP contribution is 2.53. The van der Waals surface area contributed by atoms with Crippen molar-refractivity contribution in [2.75, 3.05) is 7.05 Å². The summed E-state index contributed by atoms with van der Waals surface area (Å²) in [4.78, 5) is 23.8. The van der Waals surface area contributed by atoms with Gasteiger partial charge in [-0.05, 0) is 114 Å². The molecule has 0 unspecified atom stereocenters. The van der Waals surface area contributed by atoms with Crippen LogP contribution in [0.2, 0.25) is 0 Å². The van der Waals surface area contributed by atoms with Crippen molar-refractivity contribution in [2.45, 2.75) is 35.4 Å². The number of alkyl halides is 4. The zero-order valence-corrected chi connectivity index (χ0v) is 40.2. The van der Waals surface area contributed by atoms with Crippen molar-refractivity contribution in [3.8, 4) is 51.4 Å². The van der Waals surface area contributed by atoms with Crippen molar-refractivity contribution in [3.63, 3.8) is 0 Å². The molecule has 1 atom stereocenters. The summed E-state index contributed by atoms with van der Waals surface area (Å²) in [6, 6.07) is 50.2. The lowest BCUT2D eigenvalue weighted by atomic mass is 9.89. The molecule has 0 amide bonds. The molecule has 7 aromatic rings. The Bertz CT molecular complexity index is 3090. The molecule has 1 N–H and O–H groups in total. The maximum Gasteiger partial charge on any atom is 0.411 e. The largest absolute Gasteiger partial charge is 0.458 e. The Morgan fingerprint density at radius 2 is 1.17 bits per heavy atom. The summed E-state index contributed by atoms with van der Waals surface area (Å²) in [5.74, 6) is 4.81. The van der Waals surface area contributed by atoms with Crippen LogP contribution in [0.15, 0.2) is 233 Å². The molecule has 2 aliphatic carbocycles. The van der Waals surface area contributed by atoms with Gasteiger partial charge in [-0.2, -0.15) is 13.2 Å². The summed E-state index contributed by atoms with van der Waals surface area (Å²) in [6.45, 7) is 0.463. The fourth-order valence-electron chi connectivity index (χ4n) is 7.90. The summed E-state index contributed by atoms with van der Waals surface area (Å²) in [5.41, 5.74) is 5.60. The van der Waals surface area contributed by atoms with E-state index in [-0.39, 0.29) is 17.6 Å². The van der Waals surface area contributed by atoms with Gasteiger partial charge >= 0.3 is 6.18 Å². The maximum absolute atomic E-state index is 15.3. The van der Waals surface area contributed by atoms with Gasteiger partial charge in [0.25, 0.3) is 0 Å². The minimum absolute atomic E-state index is 0.0608. The predicted molar refractivity (Wildman–Crippen MR) is 281 cm³/mol. The number of hydrogen-bond acceptors (Lipinski definition) is 7. The van der Waals surface area contributed by atoms with Gasteiger partial charge < -0.3 is 14.8 Å². The molecule has 6 aromatic carbocycles. The van der Waals surface area contributed by atoms with Crippen molar-refractivity contribution < 1.29 is 22.6 Å². The molecule has 0 spiro atoms. The smallest absolute Gasteiger partial charge is 0.411 e. The number of aliphatic imine (C=N–C) groups is 2. The van der Waals surface area contributed by atoms with Crippen LogP contribution < -0.4 is 14.8 Å². The number of ether oxygens (including phenoxy) is 2. The molecule has 0 bridgehead atoms. The first-order valence-electron chi connectivity index (χ1n) is 22.7. The van der Waals surface area contributed by atoms with Crippen LogP contribution >= 0.6 is 22.6 Å². The van der Waals surface area contributed by atoms with Crippen molar-refractivity contribution in [1.82, 2.24) is 20.3 Å². The third-order valence-corrected chi connectivity index (χ3v) is 13.4. The van der Waals surface area contributed by atoms with Crippen LogP contribution in [0.5, 0.6) is 17.2 Å². The lowest BCUT2D eigenvalue weighted by Gasteiger charge is -2.32. The third-order valence-electron chi connectivity index (χ3n) is 11.6. The molecule has 0 aliphatic heterocycles. The normalized spacial score (nSPS) is 15.0. The third kappa shape index (κ3) is 11.2. The van der Waals surface area contributed by atoms with E-state index in [2.05, 4.69) is 22.5 Å². The van der Waals surface area contributed by atoms with Crippen molar-refractivity contribution in [3.05, 3.63) is 240 Å². The van der Waals surface area contributed by atoms with Gasteiger partial charge in [0.1, 0.15) is 34.7 Å². The van der Waals surface area contributed by atoms with Crippen LogP contribution in [0, 0.1) is 0 Å². The van der Waals surface area contributed by atoms with E-state index in [0.29, 0.717) is 52.9 Å². The fourth-order valence-corrected chi connectivity index (χ4v) is 8.66. The minimum Gasteiger partial charge on any atom is -0.458 e. The first-order chi connectivity index (χ1) is 34.1. The number of aromatic nitrogens is 3. The van der Waals surface area contributed by atoms with E-state index >= 15 is 13.2 Å². The minimum atomic E-state index is -4.64. The highest BCUT2D eigenvalue weighted by molar-refractivity contribution is 14.1. The second-order valence-electron chi connectivity index (χ2n) is 16.3. The molecule has 2 aliphatic rings. The van der Waals surface area contributed by atoms with Gasteiger partial charge in [-0.15, -0.1) is 0 Å². The molecule has 12 heteroatoms. The zero-order chi connectivity index (χ0) is 48.3. The average molecular weight is 1040 g/mol. The molecule has 0 saturated carbocycles. The summed E-state index contributed by atoms with van der Waals surface area (Å²) in [6.07, 6.45) is 10.0. The van der Waals surface area contributed by atoms with Crippen LogP contribution in [0.3, 0.4) is 0 Å². The van der Waals surface area contributed by atoms with Crippen LogP contribution in [0.4, 0.5) is 13.2 Å². The Morgan fingerprint density at radius 1 is 0.629 bits per heavy atom. The zero-order valence-electron chi connectivity index (χ0n) is 38.0. The lowest BCUT2D eigenvalue weighted by Crippen LogP contribution is -2.38. The number of nitrogens with one attached hydrogen (secondary N) is 1. The van der Waals surface area contributed by atoms with Crippen molar-refractivity contribution >= 4 is 34.3 Å². The number of nitrogens with zero attached hydrogens (tertiary/aromatic N) is 5. The molecule has 8 nitrogen and oxygen atoms in total. The topological polar surface area (TPSA) is 93.9 Å². The van der Waals surface area contributed by atoms with E-state index in [0.717, 1.165) is 52.1 Å². The molecular weight excluding hydrogens is 997 g/mol. The maximum atomic E-state index is 15.3. The Hall–Kier alpha value is -7.71. The van der Waals surface area contributed by atoms with Crippen LogP contribution in [-0.4, -0.2) is 39.8 Å². The fraction of sp³-hybridized carbons (Fsp3) is 0.121. The van der Waals surface area contributed by atoms with Gasteiger partial charge in [-0.25, -0.2) is 15.0 Å². The second-order valence-corrected chi connectivity index (χ2v) is 17.9. The molecule has 0 radical (unpaired) electrons. The molecule has 1 aromatic heterocycles. The van der Waals surface area contributed by atoms with E-state index in [9.17, 15) is 0 Å². The van der Waals surface area contributed by atoms with Gasteiger partial charge in [0.2, 0.25) is 0 Å². The summed E-state index contributed by atoms with van der Waals surface area (Å²) in [5, 5.41) is 3.46. The SMILES string of the molecule is CN=C(NC(=NCc1ccccc1)c1ccc(Oc2ccc([C@@](I)(C3=CCC=C(Oc4ccc(-c5nc(-c6ccccc6)nc(-c6ccccc6)n5)cc4)C=C3)C(F)(F)F)cc2)cc1)C1=CC=CCC1. The highest BCUT2D eigenvalue weighted by atomic mass is 127. The monoisotopic (exact) mass is 1040 g/mol. The lowest BCUT2D eigenvalue weighted by molar-refractivity contribution is -0.146. The van der Waals surface area contributed by atoms with Crippen LogP contribution in [0.1, 0.15) is 36.0 Å². The molecule has 0 saturated heterocycles. The molecular formula is C58H46F3IN6O2. The number of allylic oxidation sites excluding steroid dienone is 8. The first-order valence-corrected chi connectivity index (χ1v) is 23.8. The van der Waals surface area contributed by atoms with E-state index in [4.69, 9.17) is 29.4 Å². The van der Waals surface area contributed by atoms with E-state index in [1.807, 2.05) is 133 Å². The van der Waals surface area contributed by atoms with Gasteiger partial charge in [0, 0.05) is 29.3 Å². The Balaban J connectivity index is 0.879. The summed E-state index contributed by atoms with van der Waals surface area (Å²) < 4.78 is 55.8. The van der Waals surface area contributed by atoms with E-state index < -0.39 is 9.60 Å². The van der Waals surface area contributed by atoms with E-state index in [1.54, 1.807) is 49.5 Å². The molecule has 9 rings (SSSR count). The first kappa shape index (κ1) is 47.4. The van der Waals surface area contributed by atoms with Crippen LogP contribution in [-0.2, 0) is 9.97 Å².